The Balaban J connectivity index is 1.58. The normalized spacial score (nSPS) is 15.0. The van der Waals surface area contributed by atoms with Crippen LogP contribution in [0.2, 0.25) is 0 Å². The third-order valence-corrected chi connectivity index (χ3v) is 6.78. The van der Waals surface area contributed by atoms with Crippen molar-refractivity contribution < 1.29 is 14.6 Å². The lowest BCUT2D eigenvalue weighted by Gasteiger charge is -2.21. The van der Waals surface area contributed by atoms with E-state index in [1.807, 2.05) is 6.07 Å². The largest absolute Gasteiger partial charge is 0.481 e. The van der Waals surface area contributed by atoms with E-state index >= 15 is 0 Å². The van der Waals surface area contributed by atoms with Crippen LogP contribution in [0.15, 0.2) is 45.5 Å². The summed E-state index contributed by atoms with van der Waals surface area (Å²) in [6, 6.07) is 9.67. The molecule has 0 spiro atoms. The molecule has 1 heterocycles. The Kier molecular flexibility index (Phi) is 6.30. The molecular weight excluding hydrogens is 498 g/mol. The molecule has 0 aliphatic heterocycles. The van der Waals surface area contributed by atoms with Crippen molar-refractivity contribution in [2.75, 3.05) is 0 Å². The van der Waals surface area contributed by atoms with Crippen LogP contribution in [0.3, 0.4) is 0 Å². The monoisotopic (exact) mass is 519 g/mol. The number of hydrogen-bond donors (Lipinski definition) is 2. The Hall–Kier alpha value is -1.79. The number of aromatic amines is 1. The van der Waals surface area contributed by atoms with E-state index < -0.39 is 5.97 Å². The van der Waals surface area contributed by atoms with E-state index in [0.717, 1.165) is 32.6 Å². The molecule has 3 aromatic rings. The number of carboxylic acid groups (broad SMARTS) is 1. The van der Waals surface area contributed by atoms with Gasteiger partial charge in [-0.15, -0.1) is 0 Å². The van der Waals surface area contributed by atoms with Gasteiger partial charge in [0.1, 0.15) is 5.75 Å². The fraction of sp³-hybridized carbons (Fsp3) is 0.348. The lowest BCUT2D eigenvalue weighted by atomic mass is 9.85. The van der Waals surface area contributed by atoms with E-state index in [1.54, 1.807) is 12.1 Å². The second-order valence-corrected chi connectivity index (χ2v) is 9.50. The van der Waals surface area contributed by atoms with Gasteiger partial charge in [0.05, 0.1) is 15.4 Å². The van der Waals surface area contributed by atoms with E-state index in [0.29, 0.717) is 11.3 Å². The maximum Gasteiger partial charge on any atom is 0.307 e. The second kappa shape index (κ2) is 8.92. The maximum atomic E-state index is 11.0. The van der Waals surface area contributed by atoms with Crippen LogP contribution in [0.25, 0.3) is 10.9 Å². The van der Waals surface area contributed by atoms with Gasteiger partial charge < -0.3 is 14.8 Å². The molecular formula is C23H23Br2NO3. The summed E-state index contributed by atoms with van der Waals surface area (Å²) in [5.74, 6) is 1.32. The first-order valence-electron chi connectivity index (χ1n) is 9.97. The molecule has 0 unspecified atom stereocenters. The number of hydrogen-bond acceptors (Lipinski definition) is 2. The minimum absolute atomic E-state index is 0.0304. The molecule has 0 bridgehead atoms. The highest BCUT2D eigenvalue weighted by atomic mass is 79.9. The average Bonchev–Trinajstić information content (AvgIpc) is 3.07. The van der Waals surface area contributed by atoms with Gasteiger partial charge in [0.2, 0.25) is 0 Å². The second-order valence-electron chi connectivity index (χ2n) is 7.79. The number of ether oxygens (including phenoxy) is 1. The molecule has 4 rings (SSSR count). The van der Waals surface area contributed by atoms with Crippen LogP contribution in [-0.2, 0) is 17.6 Å². The van der Waals surface area contributed by atoms with Gasteiger partial charge in [-0.05, 0) is 85.7 Å². The maximum absolute atomic E-state index is 11.0. The summed E-state index contributed by atoms with van der Waals surface area (Å²) in [7, 11) is 0. The number of aliphatic carboxylic acids is 1. The summed E-state index contributed by atoms with van der Waals surface area (Å²) >= 11 is 7.03. The van der Waals surface area contributed by atoms with Crippen LogP contribution >= 0.6 is 31.9 Å². The smallest absolute Gasteiger partial charge is 0.307 e. The molecule has 0 amide bonds. The summed E-state index contributed by atoms with van der Waals surface area (Å²) in [6.45, 7) is 0. The molecule has 0 saturated heterocycles. The van der Waals surface area contributed by atoms with Crippen molar-refractivity contribution in [1.82, 2.24) is 4.98 Å². The Morgan fingerprint density at radius 3 is 2.52 bits per heavy atom. The first kappa shape index (κ1) is 20.5. The highest BCUT2D eigenvalue weighted by Gasteiger charge is 2.17. The van der Waals surface area contributed by atoms with Gasteiger partial charge in [-0.3, -0.25) is 4.79 Å². The van der Waals surface area contributed by atoms with Gasteiger partial charge in [0.15, 0.2) is 5.75 Å². The quantitative estimate of drug-likeness (QED) is 0.360. The zero-order valence-corrected chi connectivity index (χ0v) is 19.2. The Morgan fingerprint density at radius 1 is 1.10 bits per heavy atom. The molecule has 1 aliphatic carbocycles. The molecule has 4 nitrogen and oxygen atoms in total. The molecule has 1 saturated carbocycles. The molecule has 152 valence electrons. The third-order valence-electron chi connectivity index (χ3n) is 5.61. The van der Waals surface area contributed by atoms with Crippen LogP contribution in [0, 0.1) is 5.92 Å². The van der Waals surface area contributed by atoms with E-state index in [9.17, 15) is 4.79 Å². The fourth-order valence-corrected chi connectivity index (χ4v) is 5.64. The minimum atomic E-state index is -0.860. The van der Waals surface area contributed by atoms with Gasteiger partial charge >= 0.3 is 5.97 Å². The summed E-state index contributed by atoms with van der Waals surface area (Å²) in [4.78, 5) is 14.4. The van der Waals surface area contributed by atoms with Crippen LogP contribution in [0.5, 0.6) is 11.5 Å². The summed E-state index contributed by atoms with van der Waals surface area (Å²) in [5.41, 5.74) is 3.19. The zero-order chi connectivity index (χ0) is 20.4. The van der Waals surface area contributed by atoms with Crippen molar-refractivity contribution in [3.8, 4) is 11.5 Å². The van der Waals surface area contributed by atoms with Crippen molar-refractivity contribution in [3.05, 3.63) is 56.6 Å². The Morgan fingerprint density at radius 2 is 1.83 bits per heavy atom. The zero-order valence-electron chi connectivity index (χ0n) is 16.0. The van der Waals surface area contributed by atoms with Crippen LogP contribution in [-0.4, -0.2) is 16.1 Å². The van der Waals surface area contributed by atoms with Crippen molar-refractivity contribution in [1.29, 1.82) is 0 Å². The molecule has 2 aromatic carbocycles. The van der Waals surface area contributed by atoms with Gasteiger partial charge in [-0.2, -0.15) is 0 Å². The minimum Gasteiger partial charge on any atom is -0.481 e. The van der Waals surface area contributed by atoms with Crippen LogP contribution in [0.4, 0.5) is 0 Å². The highest BCUT2D eigenvalue weighted by molar-refractivity contribution is 9.11. The van der Waals surface area contributed by atoms with Gasteiger partial charge in [0, 0.05) is 17.1 Å². The molecule has 1 aromatic heterocycles. The number of fused-ring (bicyclic) bond motifs is 1. The summed E-state index contributed by atoms with van der Waals surface area (Å²) in [6.07, 6.45) is 9.94. The average molecular weight is 521 g/mol. The Bertz CT molecular complexity index is 1010. The molecule has 1 fully saturated rings. The third kappa shape index (κ3) is 4.86. The van der Waals surface area contributed by atoms with Crippen molar-refractivity contribution in [2.45, 2.75) is 44.9 Å². The molecule has 2 N–H and O–H groups in total. The predicted molar refractivity (Wildman–Crippen MR) is 122 cm³/mol. The Labute approximate surface area is 186 Å². The van der Waals surface area contributed by atoms with Crippen LogP contribution in [0.1, 0.15) is 43.2 Å². The van der Waals surface area contributed by atoms with E-state index in [2.05, 4.69) is 55.2 Å². The van der Waals surface area contributed by atoms with Crippen LogP contribution < -0.4 is 4.74 Å². The van der Waals surface area contributed by atoms with Gasteiger partial charge in [-0.25, -0.2) is 0 Å². The van der Waals surface area contributed by atoms with Crippen molar-refractivity contribution in [2.24, 2.45) is 5.92 Å². The molecule has 6 heteroatoms. The first-order chi connectivity index (χ1) is 14.0. The number of carbonyl (C=O) groups is 1. The van der Waals surface area contributed by atoms with Crippen molar-refractivity contribution >= 4 is 48.7 Å². The lowest BCUT2D eigenvalue weighted by molar-refractivity contribution is -0.136. The number of carboxylic acids is 1. The predicted octanol–water partition coefficient (Wildman–Crippen LogP) is 7.24. The van der Waals surface area contributed by atoms with Gasteiger partial charge in [0.25, 0.3) is 0 Å². The lowest BCUT2D eigenvalue weighted by Crippen LogP contribution is -2.08. The number of halogens is 2. The topological polar surface area (TPSA) is 62.3 Å². The fourth-order valence-electron chi connectivity index (χ4n) is 4.20. The number of nitrogens with one attached hydrogen (secondary N) is 1. The van der Waals surface area contributed by atoms with Crippen molar-refractivity contribution in [3.63, 3.8) is 0 Å². The number of H-pyrrole nitrogens is 1. The molecule has 0 radical (unpaired) electrons. The number of aromatic nitrogens is 1. The SMILES string of the molecule is O=C(O)Cc1cc(Br)c(Oc2ccc3[nH]cc(CC4CCCCC4)c3c2)c(Br)c1. The van der Waals surface area contributed by atoms with E-state index in [1.165, 1.54) is 43.1 Å². The highest BCUT2D eigenvalue weighted by Crippen LogP contribution is 2.39. The molecule has 1 aliphatic rings. The number of rotatable bonds is 6. The molecule has 0 atom stereocenters. The van der Waals surface area contributed by atoms with Gasteiger partial charge in [-0.1, -0.05) is 32.1 Å². The first-order valence-corrected chi connectivity index (χ1v) is 11.6. The summed E-state index contributed by atoms with van der Waals surface area (Å²) in [5, 5.41) is 10.2. The molecule has 29 heavy (non-hydrogen) atoms. The summed E-state index contributed by atoms with van der Waals surface area (Å²) < 4.78 is 7.61. The van der Waals surface area contributed by atoms with E-state index in [4.69, 9.17) is 9.84 Å². The van der Waals surface area contributed by atoms with E-state index in [-0.39, 0.29) is 6.42 Å². The standard InChI is InChI=1S/C23H23Br2NO3/c24-19-9-15(11-22(27)28)10-20(25)23(19)29-17-6-7-21-18(12-17)16(13-26-21)8-14-4-2-1-3-5-14/h6-7,9-10,12-14,26H,1-5,8,11H2,(H,27,28). The number of benzene rings is 2.